The van der Waals surface area contributed by atoms with Crippen molar-refractivity contribution in [3.05, 3.63) is 70.5 Å². The first kappa shape index (κ1) is 28.9. The first-order chi connectivity index (χ1) is 19.9. The molecule has 42 heavy (non-hydrogen) atoms. The number of pyridine rings is 1. The normalized spacial score (nSPS) is 22.5. The minimum absolute atomic E-state index is 0.150. The summed E-state index contributed by atoms with van der Waals surface area (Å²) in [5.41, 5.74) is 2.13. The predicted molar refractivity (Wildman–Crippen MR) is 164 cm³/mol. The lowest BCUT2D eigenvalue weighted by molar-refractivity contribution is -0.142. The monoisotopic (exact) mass is 610 g/mol. The average Bonchev–Trinajstić information content (AvgIpc) is 3.01. The van der Waals surface area contributed by atoms with E-state index in [0.29, 0.717) is 40.0 Å². The topological polar surface area (TPSA) is 85.8 Å². The van der Waals surface area contributed by atoms with Gasteiger partial charge in [-0.15, -0.1) is 0 Å². The maximum Gasteiger partial charge on any atom is 0.306 e. The van der Waals surface area contributed by atoms with Crippen molar-refractivity contribution >= 4 is 52.1 Å². The number of carbonyl (C=O) groups excluding carboxylic acids is 1. The molecule has 1 aliphatic carbocycles. The van der Waals surface area contributed by atoms with Crippen molar-refractivity contribution in [1.82, 2.24) is 10.3 Å². The van der Waals surface area contributed by atoms with Gasteiger partial charge < -0.3 is 15.3 Å². The second-order valence-corrected chi connectivity index (χ2v) is 13.1. The zero-order chi connectivity index (χ0) is 29.8. The van der Waals surface area contributed by atoms with Crippen LogP contribution < -0.4 is 15.1 Å². The molecule has 1 saturated heterocycles. The van der Waals surface area contributed by atoms with Crippen molar-refractivity contribution in [2.45, 2.75) is 56.7 Å². The summed E-state index contributed by atoms with van der Waals surface area (Å²) < 4.78 is 15.4. The van der Waals surface area contributed by atoms with E-state index in [9.17, 15) is 14.7 Å². The molecule has 0 bridgehead atoms. The minimum atomic E-state index is -1.34. The van der Waals surface area contributed by atoms with Crippen LogP contribution in [0.5, 0.6) is 0 Å². The first-order valence-electron chi connectivity index (χ1n) is 14.3. The number of nitrogens with zero attached hydrogens (tertiary/aromatic N) is 3. The Morgan fingerprint density at radius 3 is 2.33 bits per heavy atom. The maximum absolute atomic E-state index is 15.4. The number of aliphatic carboxylic acids is 1. The van der Waals surface area contributed by atoms with Crippen molar-refractivity contribution in [2.75, 3.05) is 29.4 Å². The number of carboxylic acid groups (broad SMARTS) is 1. The molecular weight excluding hydrogens is 578 g/mol. The molecule has 0 unspecified atom stereocenters. The van der Waals surface area contributed by atoms with Crippen LogP contribution in [0.25, 0.3) is 11.1 Å². The van der Waals surface area contributed by atoms with Gasteiger partial charge in [0, 0.05) is 46.3 Å². The summed E-state index contributed by atoms with van der Waals surface area (Å²) in [6.07, 6.45) is 4.34. The number of alkyl halides is 1. The van der Waals surface area contributed by atoms with Gasteiger partial charge >= 0.3 is 5.97 Å². The van der Waals surface area contributed by atoms with Crippen molar-refractivity contribution in [1.29, 1.82) is 0 Å². The standard InChI is InChI=1S/C32H33Cl2FN4O3/c1-31(2)28-26(13-21(34)15-36-28)25-12-5-20(33)14-27(25)39(30(31)42)24-10-8-23(9-11-24)38-17-32(35,18-38)16-37-22-6-3-19(4-7-22)29(40)41/h5,8-15,19,22,37H,3-4,6-7,16-18H2,1-2H3,(H,40,41). The lowest BCUT2D eigenvalue weighted by atomic mass is 9.84. The van der Waals surface area contributed by atoms with Gasteiger partial charge in [-0.2, -0.15) is 0 Å². The highest BCUT2D eigenvalue weighted by atomic mass is 35.5. The van der Waals surface area contributed by atoms with Crippen LogP contribution in [-0.2, 0) is 15.0 Å². The molecule has 0 radical (unpaired) electrons. The number of aromatic nitrogens is 1. The van der Waals surface area contributed by atoms with E-state index < -0.39 is 17.1 Å². The van der Waals surface area contributed by atoms with Crippen LogP contribution in [0.15, 0.2) is 54.7 Å². The Kier molecular flexibility index (Phi) is 7.44. The van der Waals surface area contributed by atoms with Gasteiger partial charge in [0.1, 0.15) is 0 Å². The number of hydrogen-bond acceptors (Lipinski definition) is 5. The Bertz CT molecular complexity index is 1530. The Labute approximate surface area is 254 Å². The fourth-order valence-electron chi connectivity index (χ4n) is 6.42. The van der Waals surface area contributed by atoms with Gasteiger partial charge in [0.05, 0.1) is 40.8 Å². The Morgan fingerprint density at radius 2 is 1.67 bits per heavy atom. The molecule has 6 rings (SSSR count). The third kappa shape index (κ3) is 5.25. The van der Waals surface area contributed by atoms with E-state index >= 15 is 4.39 Å². The summed E-state index contributed by atoms with van der Waals surface area (Å²) in [4.78, 5) is 33.5. The van der Waals surface area contributed by atoms with E-state index in [-0.39, 0.29) is 37.5 Å². The lowest BCUT2D eigenvalue weighted by Gasteiger charge is -2.47. The number of amides is 1. The molecule has 2 fully saturated rings. The molecule has 7 nitrogen and oxygen atoms in total. The number of nitrogens with one attached hydrogen (secondary N) is 1. The van der Waals surface area contributed by atoms with Crippen LogP contribution in [0.2, 0.25) is 10.0 Å². The summed E-state index contributed by atoms with van der Waals surface area (Å²) in [5.74, 6) is -1.17. The van der Waals surface area contributed by atoms with Crippen LogP contribution in [0, 0.1) is 5.92 Å². The average molecular weight is 612 g/mol. The van der Waals surface area contributed by atoms with Crippen LogP contribution in [0.3, 0.4) is 0 Å². The molecule has 3 heterocycles. The zero-order valence-electron chi connectivity index (χ0n) is 23.5. The number of carboxylic acids is 1. The predicted octanol–water partition coefficient (Wildman–Crippen LogP) is 6.77. The fraction of sp³-hybridized carbons (Fsp3) is 0.406. The Balaban J connectivity index is 1.18. The molecule has 2 aliphatic heterocycles. The zero-order valence-corrected chi connectivity index (χ0v) is 25.1. The van der Waals surface area contributed by atoms with Crippen molar-refractivity contribution in [3.63, 3.8) is 0 Å². The molecule has 1 saturated carbocycles. The molecule has 3 aromatic rings. The van der Waals surface area contributed by atoms with Crippen molar-refractivity contribution in [2.24, 2.45) is 5.92 Å². The van der Waals surface area contributed by atoms with Gasteiger partial charge in [0.25, 0.3) is 0 Å². The third-order valence-electron chi connectivity index (χ3n) is 8.88. The number of carbonyl (C=O) groups is 2. The number of rotatable bonds is 6. The van der Waals surface area contributed by atoms with E-state index in [0.717, 1.165) is 29.7 Å². The Morgan fingerprint density at radius 1 is 1.00 bits per heavy atom. The quantitative estimate of drug-likeness (QED) is 0.320. The smallest absolute Gasteiger partial charge is 0.306 e. The second-order valence-electron chi connectivity index (χ2n) is 12.3. The number of halogens is 3. The SMILES string of the molecule is CC1(C)C(=O)N(c2ccc(N3CC(F)(CNC4CCC(C(=O)O)CC4)C3)cc2)c2cc(Cl)ccc2-c2cc(Cl)cnc21. The number of anilines is 3. The third-order valence-corrected chi connectivity index (χ3v) is 9.32. The molecule has 2 N–H and O–H groups in total. The second kappa shape index (κ2) is 10.8. The molecule has 220 valence electrons. The van der Waals surface area contributed by atoms with E-state index in [4.69, 9.17) is 23.2 Å². The largest absolute Gasteiger partial charge is 0.481 e. The van der Waals surface area contributed by atoms with E-state index in [1.807, 2.05) is 55.1 Å². The molecule has 3 aliphatic rings. The summed E-state index contributed by atoms with van der Waals surface area (Å²) in [7, 11) is 0. The Hall–Kier alpha value is -3.20. The number of hydrogen-bond donors (Lipinski definition) is 2. The maximum atomic E-state index is 15.4. The van der Waals surface area contributed by atoms with E-state index in [1.165, 1.54) is 0 Å². The number of fused-ring (bicyclic) bond motifs is 3. The van der Waals surface area contributed by atoms with Gasteiger partial charge in [-0.25, -0.2) is 4.39 Å². The molecule has 1 aromatic heterocycles. The lowest BCUT2D eigenvalue weighted by Crippen LogP contribution is -2.64. The van der Waals surface area contributed by atoms with E-state index in [1.54, 1.807) is 23.2 Å². The highest BCUT2D eigenvalue weighted by molar-refractivity contribution is 6.32. The van der Waals surface area contributed by atoms with Crippen LogP contribution in [0.4, 0.5) is 21.5 Å². The van der Waals surface area contributed by atoms with Gasteiger partial charge in [-0.05, 0) is 82.0 Å². The van der Waals surface area contributed by atoms with Crippen LogP contribution in [0.1, 0.15) is 45.2 Å². The molecule has 1 amide bonds. The van der Waals surface area contributed by atoms with Crippen LogP contribution in [-0.4, -0.2) is 53.3 Å². The summed E-state index contributed by atoms with van der Waals surface area (Å²) >= 11 is 12.8. The molecule has 0 spiro atoms. The number of benzene rings is 2. The van der Waals surface area contributed by atoms with Gasteiger partial charge in [0.15, 0.2) is 5.67 Å². The minimum Gasteiger partial charge on any atom is -0.481 e. The van der Waals surface area contributed by atoms with Crippen LogP contribution >= 0.6 is 23.2 Å². The van der Waals surface area contributed by atoms with Gasteiger partial charge in [0.2, 0.25) is 5.91 Å². The summed E-state index contributed by atoms with van der Waals surface area (Å²) in [6.45, 7) is 4.49. The van der Waals surface area contributed by atoms with Gasteiger partial charge in [-0.1, -0.05) is 29.3 Å². The molecule has 0 atom stereocenters. The van der Waals surface area contributed by atoms with Crippen molar-refractivity contribution < 1.29 is 19.1 Å². The van der Waals surface area contributed by atoms with Crippen molar-refractivity contribution in [3.8, 4) is 11.1 Å². The summed E-state index contributed by atoms with van der Waals surface area (Å²) in [5, 5.41) is 13.5. The molecule has 2 aromatic carbocycles. The molecule has 10 heteroatoms. The fourth-order valence-corrected chi connectivity index (χ4v) is 6.75. The summed E-state index contributed by atoms with van der Waals surface area (Å²) in [6, 6.07) is 15.0. The highest BCUT2D eigenvalue weighted by Gasteiger charge is 2.45. The van der Waals surface area contributed by atoms with Gasteiger partial charge in [-0.3, -0.25) is 19.5 Å². The van der Waals surface area contributed by atoms with E-state index in [2.05, 4.69) is 10.3 Å². The first-order valence-corrected chi connectivity index (χ1v) is 15.0. The molecular formula is C32H33Cl2FN4O3. The highest BCUT2D eigenvalue weighted by Crippen LogP contribution is 2.47.